The second-order valence-corrected chi connectivity index (χ2v) is 6.80. The molecule has 0 atom stereocenters. The van der Waals surface area contributed by atoms with E-state index < -0.39 is 0 Å². The molecule has 25 heavy (non-hydrogen) atoms. The molecule has 1 fully saturated rings. The number of ether oxygens (including phenoxy) is 1. The minimum absolute atomic E-state index is 0.485. The van der Waals surface area contributed by atoms with Crippen molar-refractivity contribution in [3.63, 3.8) is 0 Å². The zero-order valence-electron chi connectivity index (χ0n) is 14.2. The predicted octanol–water partition coefficient (Wildman–Crippen LogP) is 3.93. The minimum atomic E-state index is 0.485. The first-order chi connectivity index (χ1) is 12.3. The molecular formula is C19H21ClN4O. The van der Waals surface area contributed by atoms with Crippen LogP contribution in [0.15, 0.2) is 42.7 Å². The first-order valence-corrected chi connectivity index (χ1v) is 8.96. The Bertz CT molecular complexity index is 857. The van der Waals surface area contributed by atoms with Crippen LogP contribution in [0.3, 0.4) is 0 Å². The highest BCUT2D eigenvalue weighted by Gasteiger charge is 2.23. The molecule has 0 aliphatic carbocycles. The van der Waals surface area contributed by atoms with Gasteiger partial charge in [-0.15, -0.1) is 0 Å². The number of methoxy groups -OCH3 is 1. The lowest BCUT2D eigenvalue weighted by Crippen LogP contribution is -2.34. The summed E-state index contributed by atoms with van der Waals surface area (Å²) in [6.45, 7) is 2.78. The number of hydrogen-bond donors (Lipinski definition) is 0. The van der Waals surface area contributed by atoms with Crippen LogP contribution in [0.2, 0.25) is 5.02 Å². The normalized spacial score (nSPS) is 16.4. The monoisotopic (exact) mass is 356 g/mol. The summed E-state index contributed by atoms with van der Waals surface area (Å²) in [5.74, 6) is 0.623. The van der Waals surface area contributed by atoms with Gasteiger partial charge in [0.05, 0.1) is 23.7 Å². The van der Waals surface area contributed by atoms with Crippen LogP contribution in [-0.2, 0) is 6.54 Å². The number of fused-ring (bicyclic) bond motifs is 1. The molecule has 5 nitrogen and oxygen atoms in total. The Morgan fingerprint density at radius 1 is 1.20 bits per heavy atom. The number of likely N-dealkylation sites (tertiary alicyclic amines) is 1. The molecule has 0 spiro atoms. The van der Waals surface area contributed by atoms with E-state index in [2.05, 4.69) is 19.7 Å². The lowest BCUT2D eigenvalue weighted by molar-refractivity contribution is 0.171. The second kappa shape index (κ2) is 7.02. The lowest BCUT2D eigenvalue weighted by atomic mass is 10.0. The number of nitrogens with zero attached hydrogens (tertiary/aromatic N) is 4. The first-order valence-electron chi connectivity index (χ1n) is 8.59. The standard InChI is InChI=1S/C19H21ClN4O/c1-25-19-16(18(20)15-5-2-3-6-17(15)22-19)13-23-11-7-14(8-12-23)24-10-4-9-21-24/h2-6,9-10,14H,7-8,11-13H2,1H3. The Labute approximate surface area is 152 Å². The van der Waals surface area contributed by atoms with Crippen LogP contribution in [0.1, 0.15) is 24.4 Å². The Morgan fingerprint density at radius 3 is 2.72 bits per heavy atom. The number of halogens is 1. The van der Waals surface area contributed by atoms with Gasteiger partial charge in [0.1, 0.15) is 0 Å². The summed E-state index contributed by atoms with van der Waals surface area (Å²) in [7, 11) is 1.65. The quantitative estimate of drug-likeness (QED) is 0.710. The van der Waals surface area contributed by atoms with Gasteiger partial charge in [-0.1, -0.05) is 29.8 Å². The molecule has 0 N–H and O–H groups in total. The SMILES string of the molecule is COc1nc2ccccc2c(Cl)c1CN1CCC(n2cccn2)CC1. The molecule has 0 radical (unpaired) electrons. The van der Waals surface area contributed by atoms with Crippen LogP contribution in [0.25, 0.3) is 10.9 Å². The fourth-order valence-electron chi connectivity index (χ4n) is 3.56. The molecule has 3 heterocycles. The summed E-state index contributed by atoms with van der Waals surface area (Å²) in [5.41, 5.74) is 1.84. The fourth-order valence-corrected chi connectivity index (χ4v) is 3.86. The molecule has 1 aromatic carbocycles. The van der Waals surface area contributed by atoms with Crippen LogP contribution >= 0.6 is 11.6 Å². The average molecular weight is 357 g/mol. The van der Waals surface area contributed by atoms with Crippen LogP contribution in [0.4, 0.5) is 0 Å². The van der Waals surface area contributed by atoms with E-state index in [1.54, 1.807) is 7.11 Å². The highest BCUT2D eigenvalue weighted by Crippen LogP contribution is 2.34. The van der Waals surface area contributed by atoms with Gasteiger partial charge in [-0.25, -0.2) is 4.98 Å². The summed E-state index contributed by atoms with van der Waals surface area (Å²) in [4.78, 5) is 7.04. The zero-order valence-corrected chi connectivity index (χ0v) is 15.0. The van der Waals surface area contributed by atoms with Gasteiger partial charge in [0, 0.05) is 43.0 Å². The minimum Gasteiger partial charge on any atom is -0.481 e. The maximum atomic E-state index is 6.69. The van der Waals surface area contributed by atoms with E-state index in [9.17, 15) is 0 Å². The van der Waals surface area contributed by atoms with Crippen molar-refractivity contribution < 1.29 is 4.74 Å². The van der Waals surface area contributed by atoms with Gasteiger partial charge in [0.15, 0.2) is 0 Å². The van der Waals surface area contributed by atoms with E-state index in [4.69, 9.17) is 16.3 Å². The average Bonchev–Trinajstić information content (AvgIpc) is 3.19. The molecule has 2 aromatic heterocycles. The molecular weight excluding hydrogens is 336 g/mol. The van der Waals surface area contributed by atoms with Crippen molar-refractivity contribution in [1.82, 2.24) is 19.7 Å². The molecule has 3 aromatic rings. The zero-order chi connectivity index (χ0) is 17.2. The van der Waals surface area contributed by atoms with E-state index in [1.807, 2.05) is 42.7 Å². The van der Waals surface area contributed by atoms with Crippen molar-refractivity contribution >= 4 is 22.5 Å². The van der Waals surface area contributed by atoms with Crippen molar-refractivity contribution in [3.8, 4) is 5.88 Å². The largest absolute Gasteiger partial charge is 0.481 e. The van der Waals surface area contributed by atoms with Gasteiger partial charge in [0.25, 0.3) is 0 Å². The summed E-state index contributed by atoms with van der Waals surface area (Å²) in [6, 6.07) is 10.4. The lowest BCUT2D eigenvalue weighted by Gasteiger charge is -2.32. The third-order valence-electron chi connectivity index (χ3n) is 4.92. The Balaban J connectivity index is 1.54. The van der Waals surface area contributed by atoms with Gasteiger partial charge in [-0.2, -0.15) is 5.10 Å². The Morgan fingerprint density at radius 2 is 2.00 bits per heavy atom. The molecule has 6 heteroatoms. The number of pyridine rings is 1. The maximum Gasteiger partial charge on any atom is 0.219 e. The van der Waals surface area contributed by atoms with E-state index in [1.165, 1.54) is 0 Å². The number of aromatic nitrogens is 3. The van der Waals surface area contributed by atoms with Crippen molar-refractivity contribution in [2.24, 2.45) is 0 Å². The van der Waals surface area contributed by atoms with Gasteiger partial charge >= 0.3 is 0 Å². The van der Waals surface area contributed by atoms with Crippen LogP contribution < -0.4 is 4.74 Å². The second-order valence-electron chi connectivity index (χ2n) is 6.42. The van der Waals surface area contributed by atoms with E-state index in [0.29, 0.717) is 11.9 Å². The first kappa shape index (κ1) is 16.4. The third-order valence-corrected chi connectivity index (χ3v) is 5.35. The molecule has 1 saturated heterocycles. The van der Waals surface area contributed by atoms with Gasteiger partial charge in [-0.05, 0) is 25.0 Å². The number of rotatable bonds is 4. The predicted molar refractivity (Wildman–Crippen MR) is 99.1 cm³/mol. The van der Waals surface area contributed by atoms with Crippen LogP contribution in [-0.4, -0.2) is 39.9 Å². The van der Waals surface area contributed by atoms with Crippen molar-refractivity contribution in [1.29, 1.82) is 0 Å². The molecule has 0 amide bonds. The van der Waals surface area contributed by atoms with E-state index >= 15 is 0 Å². The highest BCUT2D eigenvalue weighted by atomic mass is 35.5. The topological polar surface area (TPSA) is 43.2 Å². The van der Waals surface area contributed by atoms with Gasteiger partial charge in [-0.3, -0.25) is 9.58 Å². The molecule has 0 unspecified atom stereocenters. The van der Waals surface area contributed by atoms with Crippen LogP contribution in [0, 0.1) is 0 Å². The van der Waals surface area contributed by atoms with Crippen molar-refractivity contribution in [2.75, 3.05) is 20.2 Å². The highest BCUT2D eigenvalue weighted by molar-refractivity contribution is 6.36. The molecule has 4 rings (SSSR count). The molecule has 0 bridgehead atoms. The summed E-state index contributed by atoms with van der Waals surface area (Å²) in [6.07, 6.45) is 6.07. The van der Waals surface area contributed by atoms with Crippen molar-refractivity contribution in [3.05, 3.63) is 53.3 Å². The maximum absolute atomic E-state index is 6.69. The molecule has 130 valence electrons. The van der Waals surface area contributed by atoms with E-state index in [-0.39, 0.29) is 0 Å². The molecule has 1 aliphatic rings. The summed E-state index contributed by atoms with van der Waals surface area (Å²) in [5, 5.41) is 6.10. The molecule has 1 aliphatic heterocycles. The smallest absolute Gasteiger partial charge is 0.219 e. The Kier molecular flexibility index (Phi) is 4.59. The van der Waals surface area contributed by atoms with Gasteiger partial charge < -0.3 is 4.74 Å². The molecule has 0 saturated carbocycles. The van der Waals surface area contributed by atoms with Crippen molar-refractivity contribution in [2.45, 2.75) is 25.4 Å². The van der Waals surface area contributed by atoms with E-state index in [0.717, 1.165) is 54.0 Å². The fraction of sp³-hybridized carbons (Fsp3) is 0.368. The third kappa shape index (κ3) is 3.22. The summed E-state index contributed by atoms with van der Waals surface area (Å²) < 4.78 is 7.59. The number of para-hydroxylation sites is 1. The number of piperidine rings is 1. The van der Waals surface area contributed by atoms with Crippen LogP contribution in [0.5, 0.6) is 5.88 Å². The number of hydrogen-bond acceptors (Lipinski definition) is 4. The Hall–Kier alpha value is -2.11. The van der Waals surface area contributed by atoms with Gasteiger partial charge in [0.2, 0.25) is 5.88 Å². The summed E-state index contributed by atoms with van der Waals surface area (Å²) >= 11 is 6.69. The number of benzene rings is 1.